The van der Waals surface area contributed by atoms with E-state index in [9.17, 15) is 4.79 Å². The molecule has 4 heteroatoms. The molecule has 0 amide bonds. The largest absolute Gasteiger partial charge is 0.496 e. The molecule has 1 N–H and O–H groups in total. The lowest BCUT2D eigenvalue weighted by atomic mass is 10.0. The molecule has 0 saturated carbocycles. The second-order valence-electron chi connectivity index (χ2n) is 3.58. The minimum Gasteiger partial charge on any atom is -0.496 e. The highest BCUT2D eigenvalue weighted by atomic mass is 16.5. The highest BCUT2D eigenvalue weighted by Gasteiger charge is 2.18. The standard InChI is InChI=1S/C12H16O4/c1-8-4-5-9(10(6-8)15-2)7-11(16-3)12(13)14/h4-6,11H,7H2,1-3H3,(H,13,14). The van der Waals surface area contributed by atoms with Crippen molar-refractivity contribution in [2.24, 2.45) is 0 Å². The Morgan fingerprint density at radius 2 is 2.12 bits per heavy atom. The van der Waals surface area contributed by atoms with Gasteiger partial charge in [-0.25, -0.2) is 4.79 Å². The van der Waals surface area contributed by atoms with Crippen LogP contribution >= 0.6 is 0 Å². The third kappa shape index (κ3) is 2.97. The summed E-state index contributed by atoms with van der Waals surface area (Å²) in [7, 11) is 2.96. The molecule has 0 bridgehead atoms. The molecule has 1 aromatic carbocycles. The Kier molecular flexibility index (Phi) is 4.31. The van der Waals surface area contributed by atoms with Gasteiger partial charge in [-0.2, -0.15) is 0 Å². The molecule has 16 heavy (non-hydrogen) atoms. The predicted octanol–water partition coefficient (Wildman–Crippen LogP) is 1.65. The average Bonchev–Trinajstić information content (AvgIpc) is 2.26. The summed E-state index contributed by atoms with van der Waals surface area (Å²) in [6.45, 7) is 1.96. The molecule has 0 aliphatic carbocycles. The highest BCUT2D eigenvalue weighted by Crippen LogP contribution is 2.21. The minimum absolute atomic E-state index is 0.301. The van der Waals surface area contributed by atoms with Crippen molar-refractivity contribution < 1.29 is 19.4 Å². The molecule has 0 spiro atoms. The van der Waals surface area contributed by atoms with Crippen molar-refractivity contribution in [2.75, 3.05) is 14.2 Å². The molecule has 1 atom stereocenters. The molecule has 0 saturated heterocycles. The Labute approximate surface area is 94.8 Å². The Morgan fingerprint density at radius 1 is 1.44 bits per heavy atom. The van der Waals surface area contributed by atoms with E-state index in [4.69, 9.17) is 14.6 Å². The molecule has 0 radical (unpaired) electrons. The molecule has 1 rings (SSSR count). The van der Waals surface area contributed by atoms with E-state index in [2.05, 4.69) is 0 Å². The van der Waals surface area contributed by atoms with Crippen LogP contribution in [0.25, 0.3) is 0 Å². The van der Waals surface area contributed by atoms with Gasteiger partial charge < -0.3 is 14.6 Å². The molecule has 0 heterocycles. The van der Waals surface area contributed by atoms with Gasteiger partial charge in [0.1, 0.15) is 5.75 Å². The first kappa shape index (κ1) is 12.5. The van der Waals surface area contributed by atoms with Gasteiger partial charge in [0, 0.05) is 13.5 Å². The fourth-order valence-corrected chi connectivity index (χ4v) is 1.49. The Bertz CT molecular complexity index is 373. The van der Waals surface area contributed by atoms with Crippen LogP contribution in [0.3, 0.4) is 0 Å². The molecule has 0 fully saturated rings. The molecule has 0 aromatic heterocycles. The van der Waals surface area contributed by atoms with Gasteiger partial charge >= 0.3 is 5.97 Å². The normalized spacial score (nSPS) is 12.2. The van der Waals surface area contributed by atoms with Crippen LogP contribution < -0.4 is 4.74 Å². The molecule has 0 aliphatic heterocycles. The van der Waals surface area contributed by atoms with Crippen molar-refractivity contribution in [3.63, 3.8) is 0 Å². The van der Waals surface area contributed by atoms with Crippen molar-refractivity contribution in [1.29, 1.82) is 0 Å². The maximum atomic E-state index is 10.8. The van der Waals surface area contributed by atoms with E-state index in [0.29, 0.717) is 12.2 Å². The van der Waals surface area contributed by atoms with Gasteiger partial charge in [-0.3, -0.25) is 0 Å². The molecule has 4 nitrogen and oxygen atoms in total. The average molecular weight is 224 g/mol. The summed E-state index contributed by atoms with van der Waals surface area (Å²) < 4.78 is 10.1. The molecular formula is C12H16O4. The number of carboxylic acid groups (broad SMARTS) is 1. The molecule has 1 aromatic rings. The SMILES string of the molecule is COc1cc(C)ccc1CC(OC)C(=O)O. The molecule has 0 aliphatic rings. The maximum Gasteiger partial charge on any atom is 0.333 e. The Balaban J connectivity index is 2.91. The predicted molar refractivity (Wildman–Crippen MR) is 59.9 cm³/mol. The van der Waals surface area contributed by atoms with Gasteiger partial charge in [0.15, 0.2) is 6.10 Å². The second kappa shape index (κ2) is 5.51. The van der Waals surface area contributed by atoms with E-state index in [1.807, 2.05) is 25.1 Å². The van der Waals surface area contributed by atoms with Crippen LogP contribution in [0, 0.1) is 6.92 Å². The fraction of sp³-hybridized carbons (Fsp3) is 0.417. The topological polar surface area (TPSA) is 55.8 Å². The highest BCUT2D eigenvalue weighted by molar-refractivity contribution is 5.72. The van der Waals surface area contributed by atoms with Crippen molar-refractivity contribution >= 4 is 5.97 Å². The number of benzene rings is 1. The van der Waals surface area contributed by atoms with Crippen LogP contribution in [-0.2, 0) is 16.0 Å². The second-order valence-corrected chi connectivity index (χ2v) is 3.58. The van der Waals surface area contributed by atoms with Crippen molar-refractivity contribution in [1.82, 2.24) is 0 Å². The van der Waals surface area contributed by atoms with Crippen LogP contribution in [0.1, 0.15) is 11.1 Å². The van der Waals surface area contributed by atoms with Crippen LogP contribution in [0.2, 0.25) is 0 Å². The number of carboxylic acids is 1. The first-order valence-corrected chi connectivity index (χ1v) is 4.97. The lowest BCUT2D eigenvalue weighted by Crippen LogP contribution is -2.25. The molecular weight excluding hydrogens is 208 g/mol. The number of aliphatic carboxylic acids is 1. The van der Waals surface area contributed by atoms with Gasteiger partial charge in [-0.1, -0.05) is 12.1 Å². The van der Waals surface area contributed by atoms with Gasteiger partial charge in [-0.15, -0.1) is 0 Å². The van der Waals surface area contributed by atoms with E-state index >= 15 is 0 Å². The summed E-state index contributed by atoms with van der Waals surface area (Å²) >= 11 is 0. The summed E-state index contributed by atoms with van der Waals surface area (Å²) in [4.78, 5) is 10.8. The van der Waals surface area contributed by atoms with E-state index in [-0.39, 0.29) is 0 Å². The van der Waals surface area contributed by atoms with Crippen LogP contribution in [0.4, 0.5) is 0 Å². The zero-order valence-corrected chi connectivity index (χ0v) is 9.69. The van der Waals surface area contributed by atoms with Crippen molar-refractivity contribution in [3.05, 3.63) is 29.3 Å². The lowest BCUT2D eigenvalue weighted by molar-refractivity contribution is -0.148. The van der Waals surface area contributed by atoms with E-state index in [0.717, 1.165) is 11.1 Å². The lowest BCUT2D eigenvalue weighted by Gasteiger charge is -2.13. The van der Waals surface area contributed by atoms with E-state index in [1.165, 1.54) is 7.11 Å². The van der Waals surface area contributed by atoms with Gasteiger partial charge in [-0.05, 0) is 24.1 Å². The monoisotopic (exact) mass is 224 g/mol. The van der Waals surface area contributed by atoms with Crippen molar-refractivity contribution in [3.8, 4) is 5.75 Å². The summed E-state index contributed by atoms with van der Waals surface area (Å²) in [5.74, 6) is -0.270. The zero-order chi connectivity index (χ0) is 12.1. The van der Waals surface area contributed by atoms with Crippen LogP contribution in [0.15, 0.2) is 18.2 Å². The van der Waals surface area contributed by atoms with Gasteiger partial charge in [0.25, 0.3) is 0 Å². The first-order chi connectivity index (χ1) is 7.58. The number of hydrogen-bond donors (Lipinski definition) is 1. The van der Waals surface area contributed by atoms with Gasteiger partial charge in [0.2, 0.25) is 0 Å². The van der Waals surface area contributed by atoms with Crippen LogP contribution in [-0.4, -0.2) is 31.4 Å². The fourth-order valence-electron chi connectivity index (χ4n) is 1.49. The number of aryl methyl sites for hydroxylation is 1. The van der Waals surface area contributed by atoms with Crippen LogP contribution in [0.5, 0.6) is 5.75 Å². The maximum absolute atomic E-state index is 10.8. The quantitative estimate of drug-likeness (QED) is 0.826. The number of carbonyl (C=O) groups is 1. The summed E-state index contributed by atoms with van der Waals surface area (Å²) in [6.07, 6.45) is -0.536. The minimum atomic E-state index is -0.967. The van der Waals surface area contributed by atoms with E-state index in [1.54, 1.807) is 7.11 Å². The number of methoxy groups -OCH3 is 2. The number of ether oxygens (including phenoxy) is 2. The Morgan fingerprint density at radius 3 is 2.62 bits per heavy atom. The molecule has 1 unspecified atom stereocenters. The smallest absolute Gasteiger partial charge is 0.333 e. The number of rotatable bonds is 5. The third-order valence-corrected chi connectivity index (χ3v) is 2.41. The van der Waals surface area contributed by atoms with E-state index < -0.39 is 12.1 Å². The Hall–Kier alpha value is -1.55. The van der Waals surface area contributed by atoms with Crippen molar-refractivity contribution in [2.45, 2.75) is 19.4 Å². The van der Waals surface area contributed by atoms with Gasteiger partial charge in [0.05, 0.1) is 7.11 Å². The molecule has 88 valence electrons. The summed E-state index contributed by atoms with van der Waals surface area (Å²) in [5, 5.41) is 8.89. The third-order valence-electron chi connectivity index (χ3n) is 2.41. The zero-order valence-electron chi connectivity index (χ0n) is 9.69. The number of hydrogen-bond acceptors (Lipinski definition) is 3. The summed E-state index contributed by atoms with van der Waals surface area (Å²) in [5.41, 5.74) is 1.91. The first-order valence-electron chi connectivity index (χ1n) is 4.97. The summed E-state index contributed by atoms with van der Waals surface area (Å²) in [6, 6.07) is 5.67.